The molecular formula is C19H22O2S. The Kier molecular flexibility index (Phi) is 2.35. The number of hydrogen-bond donors (Lipinski definition) is 0. The van der Waals surface area contributed by atoms with Crippen LogP contribution in [0.3, 0.4) is 0 Å². The summed E-state index contributed by atoms with van der Waals surface area (Å²) in [6.45, 7) is 2.19. The first-order valence-electron chi connectivity index (χ1n) is 8.48. The average Bonchev–Trinajstić information content (AvgIpc) is 3.21. The predicted octanol–water partition coefficient (Wildman–Crippen LogP) is 3.99. The molecule has 0 aromatic heterocycles. The molecule has 5 atom stereocenters. The molecule has 2 nitrogen and oxygen atoms in total. The third kappa shape index (κ3) is 1.40. The smallest absolute Gasteiger partial charge is 0.182 e. The van der Waals surface area contributed by atoms with E-state index in [1.807, 2.05) is 18.2 Å². The number of hydrogen-bond acceptors (Lipinski definition) is 2. The van der Waals surface area contributed by atoms with Gasteiger partial charge in [0.15, 0.2) is 9.84 Å². The summed E-state index contributed by atoms with van der Waals surface area (Å²) in [5.41, 5.74) is 1.74. The van der Waals surface area contributed by atoms with E-state index >= 15 is 0 Å². The van der Waals surface area contributed by atoms with Gasteiger partial charge < -0.3 is 0 Å². The first kappa shape index (κ1) is 13.4. The van der Waals surface area contributed by atoms with Crippen molar-refractivity contribution in [2.24, 2.45) is 22.7 Å². The fraction of sp³-hybridized carbons (Fsp3) is 0.579. The van der Waals surface area contributed by atoms with Gasteiger partial charge in [-0.3, -0.25) is 0 Å². The van der Waals surface area contributed by atoms with Crippen LogP contribution >= 0.6 is 0 Å². The van der Waals surface area contributed by atoms with Gasteiger partial charge in [0, 0.05) is 5.41 Å². The molecule has 0 saturated heterocycles. The molecule has 1 aromatic rings. The Labute approximate surface area is 132 Å². The number of sulfone groups is 1. The lowest BCUT2D eigenvalue weighted by Crippen LogP contribution is -2.35. The molecule has 0 radical (unpaired) electrons. The molecule has 4 bridgehead atoms. The van der Waals surface area contributed by atoms with Crippen molar-refractivity contribution in [1.82, 2.24) is 0 Å². The van der Waals surface area contributed by atoms with Gasteiger partial charge in [-0.2, -0.15) is 0 Å². The van der Waals surface area contributed by atoms with E-state index in [9.17, 15) is 8.42 Å². The monoisotopic (exact) mass is 314 g/mol. The molecule has 0 unspecified atom stereocenters. The van der Waals surface area contributed by atoms with Crippen molar-refractivity contribution in [1.29, 1.82) is 0 Å². The highest BCUT2D eigenvalue weighted by Crippen LogP contribution is 2.74. The second-order valence-corrected chi connectivity index (χ2v) is 10.3. The molecule has 0 aliphatic heterocycles. The van der Waals surface area contributed by atoms with Gasteiger partial charge in [0.25, 0.3) is 0 Å². The van der Waals surface area contributed by atoms with Crippen LogP contribution in [0.2, 0.25) is 0 Å². The summed E-state index contributed by atoms with van der Waals surface area (Å²) < 4.78 is 26.4. The van der Waals surface area contributed by atoms with E-state index in [-0.39, 0.29) is 16.1 Å². The van der Waals surface area contributed by atoms with Crippen molar-refractivity contribution in [2.75, 3.05) is 0 Å². The Morgan fingerprint density at radius 3 is 2.68 bits per heavy atom. The van der Waals surface area contributed by atoms with Gasteiger partial charge in [0.2, 0.25) is 0 Å². The zero-order valence-electron chi connectivity index (χ0n) is 13.0. The highest BCUT2D eigenvalue weighted by molar-refractivity contribution is 7.92. The quantitative estimate of drug-likeness (QED) is 0.774. The summed E-state index contributed by atoms with van der Waals surface area (Å²) in [6.07, 6.45) is 8.31. The van der Waals surface area contributed by atoms with Crippen LogP contribution in [-0.2, 0) is 9.84 Å². The topological polar surface area (TPSA) is 34.1 Å². The number of fused-ring (bicyclic) bond motifs is 4. The van der Waals surface area contributed by atoms with Gasteiger partial charge in [-0.25, -0.2) is 8.42 Å². The summed E-state index contributed by atoms with van der Waals surface area (Å²) >= 11 is 0. The second kappa shape index (κ2) is 3.87. The zero-order valence-corrected chi connectivity index (χ0v) is 13.8. The Bertz CT molecular complexity index is 779. The van der Waals surface area contributed by atoms with E-state index in [0.29, 0.717) is 4.90 Å². The van der Waals surface area contributed by atoms with E-state index in [1.54, 1.807) is 17.7 Å². The molecule has 0 heterocycles. The fourth-order valence-corrected chi connectivity index (χ4v) is 8.61. The number of rotatable bonds is 2. The highest BCUT2D eigenvalue weighted by atomic mass is 32.2. The van der Waals surface area contributed by atoms with Crippen LogP contribution < -0.4 is 0 Å². The lowest BCUT2D eigenvalue weighted by atomic mass is 9.70. The first-order chi connectivity index (χ1) is 10.5. The maximum Gasteiger partial charge on any atom is 0.182 e. The Morgan fingerprint density at radius 1 is 1.14 bits per heavy atom. The molecule has 3 fully saturated rings. The summed E-state index contributed by atoms with van der Waals surface area (Å²) in [5.74, 6) is 1.52. The summed E-state index contributed by atoms with van der Waals surface area (Å²) in [6, 6.07) is 9.06. The Hall–Kier alpha value is -1.09. The maximum absolute atomic E-state index is 13.2. The largest absolute Gasteiger partial charge is 0.223 e. The van der Waals surface area contributed by atoms with Crippen molar-refractivity contribution >= 4 is 9.84 Å². The van der Waals surface area contributed by atoms with Crippen LogP contribution in [0.4, 0.5) is 0 Å². The first-order valence-corrected chi connectivity index (χ1v) is 10.0. The summed E-state index contributed by atoms with van der Waals surface area (Å²) in [5, 5.41) is -0.231. The van der Waals surface area contributed by atoms with Crippen LogP contribution in [0.1, 0.15) is 39.0 Å². The predicted molar refractivity (Wildman–Crippen MR) is 86.1 cm³/mol. The second-order valence-electron chi connectivity index (χ2n) is 8.20. The molecule has 4 aliphatic rings. The van der Waals surface area contributed by atoms with E-state index in [4.69, 9.17) is 0 Å². The third-order valence-electron chi connectivity index (χ3n) is 7.14. The molecule has 1 aromatic carbocycles. The Morgan fingerprint density at radius 2 is 1.91 bits per heavy atom. The van der Waals surface area contributed by atoms with Crippen LogP contribution in [0.5, 0.6) is 0 Å². The van der Waals surface area contributed by atoms with Gasteiger partial charge in [-0.15, -0.1) is 0 Å². The molecule has 1 spiro atoms. The molecule has 4 aliphatic carbocycles. The summed E-state index contributed by atoms with van der Waals surface area (Å²) in [7, 11) is -3.23. The molecule has 0 N–H and O–H groups in total. The maximum atomic E-state index is 13.2. The minimum absolute atomic E-state index is 0.148. The standard InChI is InChI=1S/C19H22O2S/c1-18-10-16-13-7-8-14(9-13)19(16,12-18)11-17(18)22(20,21)15-5-3-2-4-6-15/h2-6,10,13-14,17H,7-9,11-12H2,1H3/t13-,14-,17+,18-,19+/m0/s1. The molecular weight excluding hydrogens is 292 g/mol. The summed E-state index contributed by atoms with van der Waals surface area (Å²) in [4.78, 5) is 0.503. The minimum atomic E-state index is -3.23. The van der Waals surface area contributed by atoms with Crippen LogP contribution in [0.15, 0.2) is 46.9 Å². The van der Waals surface area contributed by atoms with Crippen molar-refractivity contribution < 1.29 is 8.42 Å². The van der Waals surface area contributed by atoms with Gasteiger partial charge in [0.05, 0.1) is 10.1 Å². The normalized spacial score (nSPS) is 45.1. The average molecular weight is 314 g/mol. The van der Waals surface area contributed by atoms with Gasteiger partial charge >= 0.3 is 0 Å². The van der Waals surface area contributed by atoms with Crippen LogP contribution in [-0.4, -0.2) is 13.7 Å². The number of benzene rings is 1. The van der Waals surface area contributed by atoms with Gasteiger partial charge in [-0.05, 0) is 61.5 Å². The SMILES string of the molecule is C[C@@]12C=C3[C@H]4CC[C@@H](C4)[C@@]3(C[C@H]1S(=O)(=O)c1ccccc1)C2. The molecule has 0 amide bonds. The van der Waals surface area contributed by atoms with E-state index in [1.165, 1.54) is 19.3 Å². The molecule has 3 heteroatoms. The molecule has 5 rings (SSSR count). The van der Waals surface area contributed by atoms with Crippen LogP contribution in [0.25, 0.3) is 0 Å². The van der Waals surface area contributed by atoms with E-state index < -0.39 is 9.84 Å². The minimum Gasteiger partial charge on any atom is -0.223 e. The molecule has 3 saturated carbocycles. The highest BCUT2D eigenvalue weighted by Gasteiger charge is 2.68. The zero-order chi connectivity index (χ0) is 15.2. The van der Waals surface area contributed by atoms with Gasteiger partial charge in [0.1, 0.15) is 0 Å². The van der Waals surface area contributed by atoms with Crippen molar-refractivity contribution in [3.8, 4) is 0 Å². The van der Waals surface area contributed by atoms with Crippen molar-refractivity contribution in [3.63, 3.8) is 0 Å². The Balaban J connectivity index is 1.61. The molecule has 22 heavy (non-hydrogen) atoms. The fourth-order valence-electron chi connectivity index (χ4n) is 6.37. The van der Waals surface area contributed by atoms with Crippen molar-refractivity contribution in [3.05, 3.63) is 42.0 Å². The van der Waals surface area contributed by atoms with E-state index in [2.05, 4.69) is 13.0 Å². The lowest BCUT2D eigenvalue weighted by molar-refractivity contribution is 0.238. The molecule has 116 valence electrons. The number of allylic oxidation sites excluding steroid dienone is 2. The third-order valence-corrected chi connectivity index (χ3v) is 9.53. The van der Waals surface area contributed by atoms with Gasteiger partial charge in [-0.1, -0.05) is 36.8 Å². The van der Waals surface area contributed by atoms with E-state index in [0.717, 1.165) is 24.7 Å². The van der Waals surface area contributed by atoms with Crippen LogP contribution in [0, 0.1) is 22.7 Å². The lowest BCUT2D eigenvalue weighted by Gasteiger charge is -2.36. The van der Waals surface area contributed by atoms with Crippen molar-refractivity contribution in [2.45, 2.75) is 49.2 Å².